The minimum Gasteiger partial charge on any atom is -0.457 e. The molecule has 0 atom stereocenters. The molecule has 0 aromatic heterocycles. The predicted molar refractivity (Wildman–Crippen MR) is 81.0 cm³/mol. The van der Waals surface area contributed by atoms with Crippen LogP contribution in [-0.2, 0) is 13.2 Å². The van der Waals surface area contributed by atoms with Gasteiger partial charge in [-0.15, -0.1) is 0 Å². The summed E-state index contributed by atoms with van der Waals surface area (Å²) < 4.78 is 5.83. The van der Waals surface area contributed by atoms with Crippen LogP contribution >= 0.6 is 0 Å². The Kier molecular flexibility index (Phi) is 5.16. The van der Waals surface area contributed by atoms with Crippen molar-refractivity contribution in [1.82, 2.24) is 5.32 Å². The topological polar surface area (TPSA) is 41.5 Å². The van der Waals surface area contributed by atoms with Gasteiger partial charge in [0, 0.05) is 6.54 Å². The van der Waals surface area contributed by atoms with Gasteiger partial charge in [0.15, 0.2) is 0 Å². The van der Waals surface area contributed by atoms with Crippen LogP contribution in [0.25, 0.3) is 0 Å². The van der Waals surface area contributed by atoms with Crippen molar-refractivity contribution in [2.45, 2.75) is 27.0 Å². The number of aliphatic hydroxyl groups excluding tert-OH is 1. The van der Waals surface area contributed by atoms with Gasteiger partial charge in [-0.05, 0) is 54.4 Å². The average molecular weight is 271 g/mol. The van der Waals surface area contributed by atoms with E-state index in [1.807, 2.05) is 36.4 Å². The van der Waals surface area contributed by atoms with Crippen molar-refractivity contribution in [3.63, 3.8) is 0 Å². The third-order valence-corrected chi connectivity index (χ3v) is 3.20. The van der Waals surface area contributed by atoms with Crippen molar-refractivity contribution in [1.29, 1.82) is 0 Å². The van der Waals surface area contributed by atoms with Crippen molar-refractivity contribution in [2.75, 3.05) is 6.54 Å². The number of ether oxygens (including phenoxy) is 1. The van der Waals surface area contributed by atoms with Crippen LogP contribution in [0.15, 0.2) is 42.5 Å². The van der Waals surface area contributed by atoms with Gasteiger partial charge in [-0.25, -0.2) is 0 Å². The molecule has 0 saturated heterocycles. The van der Waals surface area contributed by atoms with E-state index >= 15 is 0 Å². The van der Waals surface area contributed by atoms with Crippen LogP contribution in [0.5, 0.6) is 11.5 Å². The Morgan fingerprint density at radius 3 is 2.60 bits per heavy atom. The first-order valence-electron chi connectivity index (χ1n) is 6.91. The molecule has 0 aliphatic rings. The second-order valence-corrected chi connectivity index (χ2v) is 4.78. The van der Waals surface area contributed by atoms with E-state index in [1.165, 1.54) is 11.1 Å². The van der Waals surface area contributed by atoms with E-state index in [2.05, 4.69) is 25.2 Å². The lowest BCUT2D eigenvalue weighted by Gasteiger charge is -2.11. The predicted octanol–water partition coefficient (Wildman–Crippen LogP) is 3.39. The fourth-order valence-corrected chi connectivity index (χ4v) is 2.03. The van der Waals surface area contributed by atoms with E-state index in [1.54, 1.807) is 0 Å². The Bertz CT molecular complexity index is 567. The number of hydrogen-bond acceptors (Lipinski definition) is 3. The molecule has 3 heteroatoms. The van der Waals surface area contributed by atoms with E-state index in [4.69, 9.17) is 9.84 Å². The highest BCUT2D eigenvalue weighted by Gasteiger charge is 2.02. The molecular formula is C17H21NO2. The molecule has 0 amide bonds. The summed E-state index contributed by atoms with van der Waals surface area (Å²) in [7, 11) is 0. The largest absolute Gasteiger partial charge is 0.457 e. The van der Waals surface area contributed by atoms with Crippen LogP contribution in [0, 0.1) is 6.92 Å². The molecule has 0 fully saturated rings. The molecule has 2 aromatic carbocycles. The van der Waals surface area contributed by atoms with Crippen molar-refractivity contribution >= 4 is 0 Å². The molecule has 0 radical (unpaired) electrons. The highest BCUT2D eigenvalue weighted by molar-refractivity contribution is 5.38. The molecule has 0 saturated carbocycles. The smallest absolute Gasteiger partial charge is 0.127 e. The number of aryl methyl sites for hydroxylation is 1. The molecule has 0 aliphatic heterocycles. The average Bonchev–Trinajstić information content (AvgIpc) is 2.47. The molecular weight excluding hydrogens is 250 g/mol. The number of rotatable bonds is 6. The lowest BCUT2D eigenvalue weighted by atomic mass is 10.1. The SMILES string of the molecule is CCNCc1ccc(Oc2cccc(CO)c2)cc1C. The van der Waals surface area contributed by atoms with Gasteiger partial charge in [0.1, 0.15) is 11.5 Å². The second kappa shape index (κ2) is 7.08. The van der Waals surface area contributed by atoms with Gasteiger partial charge in [-0.2, -0.15) is 0 Å². The van der Waals surface area contributed by atoms with E-state index in [0.717, 1.165) is 30.2 Å². The van der Waals surface area contributed by atoms with Crippen LogP contribution in [0.2, 0.25) is 0 Å². The zero-order chi connectivity index (χ0) is 14.4. The molecule has 2 aromatic rings. The van der Waals surface area contributed by atoms with Crippen LogP contribution in [0.1, 0.15) is 23.6 Å². The zero-order valence-electron chi connectivity index (χ0n) is 12.0. The van der Waals surface area contributed by atoms with Gasteiger partial charge in [0.05, 0.1) is 6.61 Å². The fraction of sp³-hybridized carbons (Fsp3) is 0.294. The lowest BCUT2D eigenvalue weighted by Crippen LogP contribution is -2.12. The summed E-state index contributed by atoms with van der Waals surface area (Å²) in [5.74, 6) is 1.56. The Hall–Kier alpha value is -1.84. The number of benzene rings is 2. The maximum atomic E-state index is 9.13. The molecule has 0 aliphatic carbocycles. The van der Waals surface area contributed by atoms with E-state index in [0.29, 0.717) is 0 Å². The molecule has 106 valence electrons. The van der Waals surface area contributed by atoms with E-state index in [-0.39, 0.29) is 6.61 Å². The molecule has 20 heavy (non-hydrogen) atoms. The minimum atomic E-state index is 0.0256. The van der Waals surface area contributed by atoms with Crippen molar-refractivity contribution in [3.8, 4) is 11.5 Å². The van der Waals surface area contributed by atoms with Gasteiger partial charge in [0.2, 0.25) is 0 Å². The summed E-state index contributed by atoms with van der Waals surface area (Å²) in [6.45, 7) is 6.05. The fourth-order valence-electron chi connectivity index (χ4n) is 2.03. The third kappa shape index (κ3) is 3.83. The van der Waals surface area contributed by atoms with Gasteiger partial charge in [-0.3, -0.25) is 0 Å². The quantitative estimate of drug-likeness (QED) is 0.846. The third-order valence-electron chi connectivity index (χ3n) is 3.20. The van der Waals surface area contributed by atoms with E-state index < -0.39 is 0 Å². The van der Waals surface area contributed by atoms with Gasteiger partial charge >= 0.3 is 0 Å². The highest BCUT2D eigenvalue weighted by Crippen LogP contribution is 2.24. The molecule has 2 rings (SSSR count). The standard InChI is InChI=1S/C17H21NO2/c1-3-18-11-15-7-8-17(9-13(15)2)20-16-6-4-5-14(10-16)12-19/h4-10,18-19H,3,11-12H2,1-2H3. The lowest BCUT2D eigenvalue weighted by molar-refractivity contribution is 0.281. The summed E-state index contributed by atoms with van der Waals surface area (Å²) in [4.78, 5) is 0. The Morgan fingerprint density at radius 2 is 1.90 bits per heavy atom. The normalized spacial score (nSPS) is 10.6. The molecule has 0 heterocycles. The maximum absolute atomic E-state index is 9.13. The molecule has 2 N–H and O–H groups in total. The number of nitrogens with one attached hydrogen (secondary N) is 1. The Labute approximate surface area is 120 Å². The first-order valence-corrected chi connectivity index (χ1v) is 6.91. The Balaban J connectivity index is 2.11. The van der Waals surface area contributed by atoms with Crippen molar-refractivity contribution in [2.24, 2.45) is 0 Å². The van der Waals surface area contributed by atoms with Crippen LogP contribution < -0.4 is 10.1 Å². The van der Waals surface area contributed by atoms with Crippen molar-refractivity contribution < 1.29 is 9.84 Å². The summed E-state index contributed by atoms with van der Waals surface area (Å²) in [6, 6.07) is 13.6. The first kappa shape index (κ1) is 14.6. The Morgan fingerprint density at radius 1 is 1.10 bits per heavy atom. The van der Waals surface area contributed by atoms with Crippen molar-refractivity contribution in [3.05, 3.63) is 59.2 Å². The molecule has 0 bridgehead atoms. The van der Waals surface area contributed by atoms with E-state index in [9.17, 15) is 0 Å². The number of aliphatic hydroxyl groups is 1. The molecule has 0 unspecified atom stereocenters. The second-order valence-electron chi connectivity index (χ2n) is 4.78. The summed E-state index contributed by atoms with van der Waals surface area (Å²) in [5.41, 5.74) is 3.34. The number of hydrogen-bond donors (Lipinski definition) is 2. The monoisotopic (exact) mass is 271 g/mol. The van der Waals surface area contributed by atoms with Gasteiger partial charge < -0.3 is 15.2 Å². The zero-order valence-corrected chi connectivity index (χ0v) is 12.0. The highest BCUT2D eigenvalue weighted by atomic mass is 16.5. The molecule has 3 nitrogen and oxygen atoms in total. The maximum Gasteiger partial charge on any atom is 0.127 e. The summed E-state index contributed by atoms with van der Waals surface area (Å²) >= 11 is 0. The summed E-state index contributed by atoms with van der Waals surface area (Å²) in [6.07, 6.45) is 0. The van der Waals surface area contributed by atoms with Crippen LogP contribution in [0.4, 0.5) is 0 Å². The summed E-state index contributed by atoms with van der Waals surface area (Å²) in [5, 5.41) is 12.4. The van der Waals surface area contributed by atoms with Crippen LogP contribution in [-0.4, -0.2) is 11.7 Å². The minimum absolute atomic E-state index is 0.0256. The first-order chi connectivity index (χ1) is 9.72. The van der Waals surface area contributed by atoms with Gasteiger partial charge in [0.25, 0.3) is 0 Å². The van der Waals surface area contributed by atoms with Gasteiger partial charge in [-0.1, -0.05) is 25.1 Å². The molecule has 0 spiro atoms. The van der Waals surface area contributed by atoms with Crippen LogP contribution in [0.3, 0.4) is 0 Å².